The van der Waals surface area contributed by atoms with Crippen molar-refractivity contribution in [2.75, 3.05) is 20.0 Å². The minimum atomic E-state index is -3.66. The third-order valence-electron chi connectivity index (χ3n) is 1.70. The van der Waals surface area contributed by atoms with Gasteiger partial charge in [-0.15, -0.1) is 0 Å². The summed E-state index contributed by atoms with van der Waals surface area (Å²) in [5.41, 5.74) is -2.77. The topological polar surface area (TPSA) is 0 Å². The van der Waals surface area contributed by atoms with Crippen molar-refractivity contribution < 1.29 is 22.0 Å². The summed E-state index contributed by atoms with van der Waals surface area (Å²) in [6.07, 6.45) is 0. The van der Waals surface area contributed by atoms with Crippen LogP contribution in [0.1, 0.15) is 6.92 Å². The largest absolute Gasteiger partial charge is 0.258 e. The molecule has 11 heavy (non-hydrogen) atoms. The van der Waals surface area contributed by atoms with Crippen LogP contribution < -0.4 is 0 Å². The van der Waals surface area contributed by atoms with Crippen molar-refractivity contribution in [3.8, 4) is 0 Å². The van der Waals surface area contributed by atoms with Crippen molar-refractivity contribution in [3.05, 3.63) is 0 Å². The molecular formula is C6H9F5. The van der Waals surface area contributed by atoms with Crippen LogP contribution in [0, 0.1) is 5.41 Å². The van der Waals surface area contributed by atoms with Gasteiger partial charge in [-0.2, -0.15) is 0 Å². The van der Waals surface area contributed by atoms with E-state index in [1.807, 2.05) is 0 Å². The van der Waals surface area contributed by atoms with Crippen molar-refractivity contribution in [1.82, 2.24) is 0 Å². The molecule has 0 radical (unpaired) electrons. The molecule has 0 heterocycles. The van der Waals surface area contributed by atoms with Gasteiger partial charge in [-0.1, -0.05) is 0 Å². The Kier molecular flexibility index (Phi) is 3.26. The second-order valence-electron chi connectivity index (χ2n) is 2.57. The van der Waals surface area contributed by atoms with E-state index in [4.69, 9.17) is 0 Å². The maximum Gasteiger partial charge on any atom is 0.258 e. The fraction of sp³-hybridized carbons (Fsp3) is 1.00. The molecule has 0 spiro atoms. The summed E-state index contributed by atoms with van der Waals surface area (Å²) in [6, 6.07) is 0. The summed E-state index contributed by atoms with van der Waals surface area (Å²) in [6.45, 7) is -4.76. The Morgan fingerprint density at radius 1 is 0.909 bits per heavy atom. The lowest BCUT2D eigenvalue weighted by molar-refractivity contribution is -0.135. The van der Waals surface area contributed by atoms with Crippen LogP contribution in [-0.4, -0.2) is 25.9 Å². The first-order chi connectivity index (χ1) is 4.93. The van der Waals surface area contributed by atoms with Crippen molar-refractivity contribution >= 4 is 0 Å². The molecule has 0 aliphatic heterocycles. The summed E-state index contributed by atoms with van der Waals surface area (Å²) < 4.78 is 60.2. The normalized spacial score (nSPS) is 13.6. The highest BCUT2D eigenvalue weighted by Gasteiger charge is 2.51. The number of hydrogen-bond donors (Lipinski definition) is 0. The molecule has 0 nitrogen and oxygen atoms in total. The predicted octanol–water partition coefficient (Wildman–Crippen LogP) is 2.54. The molecule has 0 aromatic carbocycles. The summed E-state index contributed by atoms with van der Waals surface area (Å²) >= 11 is 0. The van der Waals surface area contributed by atoms with Gasteiger partial charge in [-0.25, -0.2) is 8.78 Å². The van der Waals surface area contributed by atoms with E-state index < -0.39 is 31.4 Å². The highest BCUT2D eigenvalue weighted by Crippen LogP contribution is 2.37. The maximum atomic E-state index is 12.3. The van der Waals surface area contributed by atoms with Crippen molar-refractivity contribution in [2.24, 2.45) is 5.41 Å². The molecule has 0 aliphatic rings. The van der Waals surface area contributed by atoms with E-state index in [2.05, 4.69) is 0 Å². The Balaban J connectivity index is 4.54. The Morgan fingerprint density at radius 2 is 1.18 bits per heavy atom. The average molecular weight is 176 g/mol. The van der Waals surface area contributed by atoms with Gasteiger partial charge in [-0.3, -0.25) is 13.2 Å². The molecule has 0 fully saturated rings. The molecule has 0 saturated carbocycles. The first kappa shape index (κ1) is 10.7. The van der Waals surface area contributed by atoms with E-state index in [0.29, 0.717) is 6.92 Å². The minimum Gasteiger partial charge on any atom is -0.250 e. The molecule has 0 rings (SSSR count). The smallest absolute Gasteiger partial charge is 0.250 e. The number of alkyl halides is 5. The zero-order chi connectivity index (χ0) is 9.12. The van der Waals surface area contributed by atoms with Crippen LogP contribution in [0.25, 0.3) is 0 Å². The van der Waals surface area contributed by atoms with Gasteiger partial charge in [0.2, 0.25) is 0 Å². The molecule has 0 unspecified atom stereocenters. The van der Waals surface area contributed by atoms with E-state index in [9.17, 15) is 22.0 Å². The Hall–Kier alpha value is -0.350. The maximum absolute atomic E-state index is 12.3. The highest BCUT2D eigenvalue weighted by molar-refractivity contribution is 4.88. The standard InChI is InChI=1S/C6H9F5/c1-5(10,11)6(2-7,3-8)4-9/h2-4H2,1H3. The second kappa shape index (κ2) is 3.36. The molecule has 0 N–H and O–H groups in total. The molecule has 0 amide bonds. The molecule has 0 atom stereocenters. The molecular weight excluding hydrogens is 167 g/mol. The van der Waals surface area contributed by atoms with Gasteiger partial charge in [0, 0.05) is 6.92 Å². The first-order valence-corrected chi connectivity index (χ1v) is 2.99. The van der Waals surface area contributed by atoms with Crippen LogP contribution >= 0.6 is 0 Å². The van der Waals surface area contributed by atoms with Gasteiger partial charge in [0.25, 0.3) is 5.92 Å². The SMILES string of the molecule is CC(F)(F)C(CF)(CF)CF. The lowest BCUT2D eigenvalue weighted by Gasteiger charge is -2.30. The zero-order valence-corrected chi connectivity index (χ0v) is 6.01. The van der Waals surface area contributed by atoms with E-state index in [-0.39, 0.29) is 0 Å². The predicted molar refractivity (Wildman–Crippen MR) is 31.0 cm³/mol. The van der Waals surface area contributed by atoms with E-state index in [1.54, 1.807) is 0 Å². The van der Waals surface area contributed by atoms with Crippen LogP contribution in [0.5, 0.6) is 0 Å². The zero-order valence-electron chi connectivity index (χ0n) is 6.01. The van der Waals surface area contributed by atoms with Gasteiger partial charge >= 0.3 is 0 Å². The fourth-order valence-electron chi connectivity index (χ4n) is 0.459. The van der Waals surface area contributed by atoms with Crippen LogP contribution in [0.4, 0.5) is 22.0 Å². The molecule has 0 bridgehead atoms. The van der Waals surface area contributed by atoms with Crippen molar-refractivity contribution in [3.63, 3.8) is 0 Å². The number of hydrogen-bond acceptors (Lipinski definition) is 0. The van der Waals surface area contributed by atoms with Crippen molar-refractivity contribution in [2.45, 2.75) is 12.8 Å². The molecule has 0 aromatic rings. The number of rotatable bonds is 4. The van der Waals surface area contributed by atoms with Crippen LogP contribution in [0.15, 0.2) is 0 Å². The number of halogens is 5. The van der Waals surface area contributed by atoms with E-state index >= 15 is 0 Å². The van der Waals surface area contributed by atoms with Gasteiger partial charge in [-0.05, 0) is 0 Å². The third-order valence-corrected chi connectivity index (χ3v) is 1.70. The Bertz CT molecular complexity index is 104. The minimum absolute atomic E-state index is 0.311. The Labute approximate surface area is 61.4 Å². The molecule has 0 aliphatic carbocycles. The molecule has 5 heteroatoms. The van der Waals surface area contributed by atoms with Crippen LogP contribution in [-0.2, 0) is 0 Å². The molecule has 0 aromatic heterocycles. The van der Waals surface area contributed by atoms with Gasteiger partial charge < -0.3 is 0 Å². The summed E-state index contributed by atoms with van der Waals surface area (Å²) in [7, 11) is 0. The van der Waals surface area contributed by atoms with Crippen LogP contribution in [0.3, 0.4) is 0 Å². The Morgan fingerprint density at radius 3 is 1.18 bits per heavy atom. The monoisotopic (exact) mass is 176 g/mol. The molecule has 68 valence electrons. The summed E-state index contributed by atoms with van der Waals surface area (Å²) in [5, 5.41) is 0. The third kappa shape index (κ3) is 1.81. The molecule has 0 saturated heterocycles. The summed E-state index contributed by atoms with van der Waals surface area (Å²) in [5.74, 6) is -3.66. The first-order valence-electron chi connectivity index (χ1n) is 2.99. The van der Waals surface area contributed by atoms with E-state index in [1.165, 1.54) is 0 Å². The second-order valence-corrected chi connectivity index (χ2v) is 2.57. The lowest BCUT2D eigenvalue weighted by Crippen LogP contribution is -2.45. The lowest BCUT2D eigenvalue weighted by atomic mass is 9.86. The van der Waals surface area contributed by atoms with Crippen LogP contribution in [0.2, 0.25) is 0 Å². The van der Waals surface area contributed by atoms with Gasteiger partial charge in [0.1, 0.15) is 25.4 Å². The van der Waals surface area contributed by atoms with Gasteiger partial charge in [0.05, 0.1) is 0 Å². The van der Waals surface area contributed by atoms with E-state index in [0.717, 1.165) is 0 Å². The average Bonchev–Trinajstić information content (AvgIpc) is 1.90. The fourth-order valence-corrected chi connectivity index (χ4v) is 0.459. The van der Waals surface area contributed by atoms with Gasteiger partial charge in [0.15, 0.2) is 0 Å². The summed E-state index contributed by atoms with van der Waals surface area (Å²) in [4.78, 5) is 0. The highest BCUT2D eigenvalue weighted by atomic mass is 19.3. The quantitative estimate of drug-likeness (QED) is 0.577. The van der Waals surface area contributed by atoms with Crippen molar-refractivity contribution in [1.29, 1.82) is 0 Å².